The summed E-state index contributed by atoms with van der Waals surface area (Å²) in [6, 6.07) is 2.66. The topological polar surface area (TPSA) is 23.5 Å². The molecule has 0 amide bonds. The van der Waals surface area contributed by atoms with E-state index < -0.39 is 17.2 Å². The molecule has 1 heterocycles. The van der Waals surface area contributed by atoms with Crippen LogP contribution in [0.4, 0.5) is 8.78 Å². The molecular formula is C16H23F2NO. The molecule has 0 spiro atoms. The maximum Gasteiger partial charge on any atom is 0.135 e. The van der Waals surface area contributed by atoms with Gasteiger partial charge in [-0.05, 0) is 57.3 Å². The fourth-order valence-corrected chi connectivity index (χ4v) is 3.05. The molecule has 0 aromatic heterocycles. The minimum absolute atomic E-state index is 0.143. The lowest BCUT2D eigenvalue weighted by atomic mass is 9.85. The van der Waals surface area contributed by atoms with Gasteiger partial charge in [0.25, 0.3) is 0 Å². The molecule has 1 saturated heterocycles. The second-order valence-electron chi connectivity index (χ2n) is 5.78. The average Bonchev–Trinajstić information content (AvgIpc) is 2.58. The van der Waals surface area contributed by atoms with E-state index in [4.69, 9.17) is 0 Å². The van der Waals surface area contributed by atoms with Crippen molar-refractivity contribution in [2.45, 2.75) is 45.1 Å². The molecule has 112 valence electrons. The van der Waals surface area contributed by atoms with Crippen LogP contribution in [-0.4, -0.2) is 29.6 Å². The lowest BCUT2D eigenvalue weighted by Crippen LogP contribution is -2.31. The maximum atomic E-state index is 14.3. The SMILES string of the molecule is CCCN1CCCC(O)(c2c(F)ccc(C)c2F)CC1. The molecule has 1 aromatic rings. The van der Waals surface area contributed by atoms with Crippen molar-refractivity contribution in [3.8, 4) is 0 Å². The van der Waals surface area contributed by atoms with Gasteiger partial charge in [-0.25, -0.2) is 8.78 Å². The number of rotatable bonds is 3. The van der Waals surface area contributed by atoms with Crippen molar-refractivity contribution in [2.75, 3.05) is 19.6 Å². The molecule has 1 unspecified atom stereocenters. The van der Waals surface area contributed by atoms with E-state index in [0.29, 0.717) is 24.9 Å². The van der Waals surface area contributed by atoms with Gasteiger partial charge in [-0.15, -0.1) is 0 Å². The molecule has 20 heavy (non-hydrogen) atoms. The van der Waals surface area contributed by atoms with Crippen LogP contribution in [0.2, 0.25) is 0 Å². The molecule has 1 fully saturated rings. The van der Waals surface area contributed by atoms with Crippen LogP contribution in [0, 0.1) is 18.6 Å². The van der Waals surface area contributed by atoms with E-state index in [1.807, 2.05) is 0 Å². The number of aliphatic hydroxyl groups is 1. The molecule has 0 bridgehead atoms. The minimum atomic E-state index is -1.39. The third-order valence-electron chi connectivity index (χ3n) is 4.20. The van der Waals surface area contributed by atoms with E-state index in [-0.39, 0.29) is 5.56 Å². The Morgan fingerprint density at radius 2 is 2.00 bits per heavy atom. The summed E-state index contributed by atoms with van der Waals surface area (Å²) in [5, 5.41) is 10.8. The first kappa shape index (κ1) is 15.4. The Morgan fingerprint density at radius 3 is 2.70 bits per heavy atom. The van der Waals surface area contributed by atoms with E-state index >= 15 is 0 Å². The van der Waals surface area contributed by atoms with E-state index in [1.165, 1.54) is 12.1 Å². The lowest BCUT2D eigenvalue weighted by Gasteiger charge is -2.28. The highest BCUT2D eigenvalue weighted by atomic mass is 19.1. The zero-order chi connectivity index (χ0) is 14.8. The molecule has 2 rings (SSSR count). The second kappa shape index (κ2) is 6.19. The Hall–Kier alpha value is -1.00. The molecule has 4 heteroatoms. The van der Waals surface area contributed by atoms with Gasteiger partial charge >= 0.3 is 0 Å². The van der Waals surface area contributed by atoms with Crippen LogP contribution >= 0.6 is 0 Å². The zero-order valence-corrected chi connectivity index (χ0v) is 12.3. The molecule has 1 aliphatic rings. The summed E-state index contributed by atoms with van der Waals surface area (Å²) < 4.78 is 28.3. The van der Waals surface area contributed by atoms with Crippen LogP contribution in [0.5, 0.6) is 0 Å². The van der Waals surface area contributed by atoms with Crippen molar-refractivity contribution in [1.29, 1.82) is 0 Å². The van der Waals surface area contributed by atoms with Gasteiger partial charge < -0.3 is 10.0 Å². The summed E-state index contributed by atoms with van der Waals surface area (Å²) in [5.74, 6) is -1.24. The highest BCUT2D eigenvalue weighted by Crippen LogP contribution is 2.36. The van der Waals surface area contributed by atoms with Gasteiger partial charge in [0.15, 0.2) is 0 Å². The highest BCUT2D eigenvalue weighted by Gasteiger charge is 2.37. The van der Waals surface area contributed by atoms with Gasteiger partial charge in [-0.3, -0.25) is 0 Å². The number of hydrogen-bond donors (Lipinski definition) is 1. The van der Waals surface area contributed by atoms with Crippen molar-refractivity contribution in [1.82, 2.24) is 4.90 Å². The van der Waals surface area contributed by atoms with E-state index in [1.54, 1.807) is 6.92 Å². The number of nitrogens with zero attached hydrogens (tertiary/aromatic N) is 1. The smallest absolute Gasteiger partial charge is 0.135 e. The molecule has 1 aliphatic heterocycles. The molecule has 0 aliphatic carbocycles. The van der Waals surface area contributed by atoms with Crippen LogP contribution in [0.3, 0.4) is 0 Å². The third kappa shape index (κ3) is 3.01. The van der Waals surface area contributed by atoms with E-state index in [2.05, 4.69) is 11.8 Å². The molecular weight excluding hydrogens is 260 g/mol. The third-order valence-corrected chi connectivity index (χ3v) is 4.20. The van der Waals surface area contributed by atoms with Crippen molar-refractivity contribution >= 4 is 0 Å². The first-order valence-electron chi connectivity index (χ1n) is 7.38. The van der Waals surface area contributed by atoms with Crippen LogP contribution in [0.25, 0.3) is 0 Å². The molecule has 0 saturated carbocycles. The van der Waals surface area contributed by atoms with Crippen molar-refractivity contribution in [3.05, 3.63) is 34.9 Å². The minimum Gasteiger partial charge on any atom is -0.385 e. The normalized spacial score (nSPS) is 24.6. The summed E-state index contributed by atoms with van der Waals surface area (Å²) in [4.78, 5) is 2.25. The van der Waals surface area contributed by atoms with Crippen LogP contribution in [0.15, 0.2) is 12.1 Å². The molecule has 1 N–H and O–H groups in total. The fourth-order valence-electron chi connectivity index (χ4n) is 3.05. The van der Waals surface area contributed by atoms with E-state index in [9.17, 15) is 13.9 Å². The average molecular weight is 283 g/mol. The van der Waals surface area contributed by atoms with Gasteiger partial charge in [0.2, 0.25) is 0 Å². The van der Waals surface area contributed by atoms with Crippen LogP contribution in [0.1, 0.15) is 43.7 Å². The van der Waals surface area contributed by atoms with Crippen molar-refractivity contribution in [3.63, 3.8) is 0 Å². The zero-order valence-electron chi connectivity index (χ0n) is 12.3. The van der Waals surface area contributed by atoms with Gasteiger partial charge in [0, 0.05) is 6.54 Å². The van der Waals surface area contributed by atoms with E-state index in [0.717, 1.165) is 25.9 Å². The first-order valence-corrected chi connectivity index (χ1v) is 7.38. The number of benzene rings is 1. The number of halogens is 2. The second-order valence-corrected chi connectivity index (χ2v) is 5.78. The monoisotopic (exact) mass is 283 g/mol. The Balaban J connectivity index is 2.29. The summed E-state index contributed by atoms with van der Waals surface area (Å²) >= 11 is 0. The summed E-state index contributed by atoms with van der Waals surface area (Å²) in [5.41, 5.74) is -1.15. The predicted octanol–water partition coefficient (Wildman–Crippen LogP) is 3.36. The quantitative estimate of drug-likeness (QED) is 0.919. The van der Waals surface area contributed by atoms with Gasteiger partial charge in [-0.2, -0.15) is 0 Å². The standard InChI is InChI=1S/C16H23F2NO/c1-3-9-19-10-4-7-16(20,8-11-19)14-13(17)6-5-12(2)15(14)18/h5-6,20H,3-4,7-11H2,1-2H3. The number of likely N-dealkylation sites (tertiary alicyclic amines) is 1. The fraction of sp³-hybridized carbons (Fsp3) is 0.625. The van der Waals surface area contributed by atoms with Crippen molar-refractivity contribution < 1.29 is 13.9 Å². The van der Waals surface area contributed by atoms with Crippen LogP contribution in [-0.2, 0) is 5.60 Å². The van der Waals surface area contributed by atoms with Gasteiger partial charge in [0.1, 0.15) is 11.6 Å². The Morgan fingerprint density at radius 1 is 1.25 bits per heavy atom. The Labute approximate surface area is 119 Å². The Bertz CT molecular complexity index is 478. The van der Waals surface area contributed by atoms with Crippen LogP contribution < -0.4 is 0 Å². The van der Waals surface area contributed by atoms with Gasteiger partial charge in [0.05, 0.1) is 11.2 Å². The largest absolute Gasteiger partial charge is 0.385 e. The first-order chi connectivity index (χ1) is 9.48. The summed E-state index contributed by atoms with van der Waals surface area (Å²) in [6.45, 7) is 6.23. The molecule has 0 radical (unpaired) electrons. The summed E-state index contributed by atoms with van der Waals surface area (Å²) in [6.07, 6.45) is 2.59. The number of hydrogen-bond acceptors (Lipinski definition) is 2. The molecule has 2 nitrogen and oxygen atoms in total. The van der Waals surface area contributed by atoms with Gasteiger partial charge in [-0.1, -0.05) is 13.0 Å². The number of aryl methyl sites for hydroxylation is 1. The predicted molar refractivity (Wildman–Crippen MR) is 75.6 cm³/mol. The van der Waals surface area contributed by atoms with Crippen molar-refractivity contribution in [2.24, 2.45) is 0 Å². The maximum absolute atomic E-state index is 14.3. The Kier molecular flexibility index (Phi) is 4.76. The highest BCUT2D eigenvalue weighted by molar-refractivity contribution is 5.31. The summed E-state index contributed by atoms with van der Waals surface area (Å²) in [7, 11) is 0. The lowest BCUT2D eigenvalue weighted by molar-refractivity contribution is 0.0141. The molecule has 1 aromatic carbocycles. The molecule has 1 atom stereocenters.